The topological polar surface area (TPSA) is 72.2 Å². The molecule has 0 atom stereocenters. The Morgan fingerprint density at radius 2 is 1.81 bits per heavy atom. The summed E-state index contributed by atoms with van der Waals surface area (Å²) in [5.74, 6) is 0. The van der Waals surface area contributed by atoms with Gasteiger partial charge in [-0.15, -0.1) is 0 Å². The number of benzene rings is 2. The van der Waals surface area contributed by atoms with Gasteiger partial charge in [-0.05, 0) is 51.7 Å². The van der Waals surface area contributed by atoms with Crippen molar-refractivity contribution in [3.63, 3.8) is 0 Å². The van der Waals surface area contributed by atoms with Gasteiger partial charge in [0.2, 0.25) is 10.0 Å². The summed E-state index contributed by atoms with van der Waals surface area (Å²) in [5, 5.41) is 0. The minimum absolute atomic E-state index is 0.218. The van der Waals surface area contributed by atoms with E-state index in [2.05, 4.69) is 20.7 Å². The molecule has 2 rings (SSSR count). The maximum absolute atomic E-state index is 12.4. The molecule has 0 fully saturated rings. The average Bonchev–Trinajstić information content (AvgIpc) is 2.45. The largest absolute Gasteiger partial charge is 0.326 e. The van der Waals surface area contributed by atoms with E-state index in [1.807, 2.05) is 31.2 Å². The van der Waals surface area contributed by atoms with E-state index in [0.29, 0.717) is 11.0 Å². The fourth-order valence-electron chi connectivity index (χ4n) is 2.00. The zero-order valence-electron chi connectivity index (χ0n) is 11.6. The summed E-state index contributed by atoms with van der Waals surface area (Å²) in [5.41, 5.74) is 8.47. The fourth-order valence-corrected chi connectivity index (χ4v) is 4.20. The second kappa shape index (κ2) is 6.70. The molecule has 0 radical (unpaired) electrons. The van der Waals surface area contributed by atoms with Crippen molar-refractivity contribution in [3.8, 4) is 0 Å². The van der Waals surface area contributed by atoms with Crippen LogP contribution in [0.2, 0.25) is 0 Å². The van der Waals surface area contributed by atoms with E-state index in [4.69, 9.17) is 5.73 Å². The Balaban J connectivity index is 2.22. The molecule has 4 nitrogen and oxygen atoms in total. The molecule has 0 saturated heterocycles. The fraction of sp³-hybridized carbons (Fsp3) is 0.200. The lowest BCUT2D eigenvalue weighted by atomic mass is 10.1. The van der Waals surface area contributed by atoms with Gasteiger partial charge in [0.25, 0.3) is 0 Å². The Kier molecular flexibility index (Phi) is 5.16. The molecule has 0 unspecified atom stereocenters. The second-order valence-electron chi connectivity index (χ2n) is 4.73. The normalized spacial score (nSPS) is 11.6. The van der Waals surface area contributed by atoms with Crippen molar-refractivity contribution in [2.24, 2.45) is 5.73 Å². The van der Waals surface area contributed by atoms with Crippen LogP contribution in [0.1, 0.15) is 16.7 Å². The SMILES string of the molecule is Cc1ccc(S(=O)(=O)NCc2ccccc2CN)c(Br)c1. The molecule has 0 aliphatic rings. The third-order valence-electron chi connectivity index (χ3n) is 3.17. The predicted octanol–water partition coefficient (Wildman–Crippen LogP) is 2.69. The zero-order valence-corrected chi connectivity index (χ0v) is 14.0. The van der Waals surface area contributed by atoms with E-state index in [1.165, 1.54) is 0 Å². The number of sulfonamides is 1. The summed E-state index contributed by atoms with van der Waals surface area (Å²) < 4.78 is 27.9. The van der Waals surface area contributed by atoms with Crippen LogP contribution >= 0.6 is 15.9 Å². The van der Waals surface area contributed by atoms with E-state index >= 15 is 0 Å². The molecule has 0 heterocycles. The molecule has 3 N–H and O–H groups in total. The first-order chi connectivity index (χ1) is 9.94. The van der Waals surface area contributed by atoms with E-state index in [1.54, 1.807) is 18.2 Å². The Bertz CT molecular complexity index is 745. The molecule has 0 bridgehead atoms. The van der Waals surface area contributed by atoms with Gasteiger partial charge >= 0.3 is 0 Å². The van der Waals surface area contributed by atoms with Crippen LogP contribution < -0.4 is 10.5 Å². The van der Waals surface area contributed by atoms with Crippen LogP contribution in [0.5, 0.6) is 0 Å². The number of hydrogen-bond acceptors (Lipinski definition) is 3. The monoisotopic (exact) mass is 368 g/mol. The maximum atomic E-state index is 12.4. The van der Waals surface area contributed by atoms with Crippen LogP contribution in [0.4, 0.5) is 0 Å². The first-order valence-corrected chi connectivity index (χ1v) is 8.74. The lowest BCUT2D eigenvalue weighted by Crippen LogP contribution is -2.24. The molecule has 2 aromatic carbocycles. The average molecular weight is 369 g/mol. The summed E-state index contributed by atoms with van der Waals surface area (Å²) in [4.78, 5) is 0.235. The van der Waals surface area contributed by atoms with Crippen molar-refractivity contribution < 1.29 is 8.42 Å². The Morgan fingerprint density at radius 3 is 2.43 bits per heavy atom. The maximum Gasteiger partial charge on any atom is 0.241 e. The summed E-state index contributed by atoms with van der Waals surface area (Å²) in [6.45, 7) is 2.51. The van der Waals surface area contributed by atoms with Gasteiger partial charge in [-0.2, -0.15) is 0 Å². The minimum Gasteiger partial charge on any atom is -0.326 e. The van der Waals surface area contributed by atoms with Crippen molar-refractivity contribution in [1.29, 1.82) is 0 Å². The lowest BCUT2D eigenvalue weighted by molar-refractivity contribution is 0.580. The molecular formula is C15H17BrN2O2S. The van der Waals surface area contributed by atoms with Crippen LogP contribution in [0.25, 0.3) is 0 Å². The van der Waals surface area contributed by atoms with Gasteiger partial charge < -0.3 is 5.73 Å². The third kappa shape index (κ3) is 3.91. The molecule has 112 valence electrons. The molecule has 0 amide bonds. The molecule has 0 aliphatic heterocycles. The summed E-state index contributed by atoms with van der Waals surface area (Å²) in [7, 11) is -3.57. The van der Waals surface area contributed by atoms with Crippen LogP contribution in [0.3, 0.4) is 0 Å². The quantitative estimate of drug-likeness (QED) is 0.851. The molecule has 6 heteroatoms. The van der Waals surface area contributed by atoms with Gasteiger partial charge in [0.05, 0.1) is 4.90 Å². The van der Waals surface area contributed by atoms with Crippen LogP contribution in [0.15, 0.2) is 51.8 Å². The third-order valence-corrected chi connectivity index (χ3v) is 5.55. The minimum atomic E-state index is -3.57. The van der Waals surface area contributed by atoms with Gasteiger partial charge in [-0.3, -0.25) is 0 Å². The highest BCUT2D eigenvalue weighted by atomic mass is 79.9. The first kappa shape index (κ1) is 16.2. The van der Waals surface area contributed by atoms with Crippen LogP contribution in [-0.2, 0) is 23.1 Å². The van der Waals surface area contributed by atoms with Crippen molar-refractivity contribution in [1.82, 2.24) is 4.72 Å². The predicted molar refractivity (Wildman–Crippen MR) is 87.2 cm³/mol. The molecular weight excluding hydrogens is 352 g/mol. The van der Waals surface area contributed by atoms with Gasteiger partial charge in [-0.25, -0.2) is 13.1 Å². The van der Waals surface area contributed by atoms with Crippen LogP contribution in [-0.4, -0.2) is 8.42 Å². The molecule has 2 aromatic rings. The van der Waals surface area contributed by atoms with Gasteiger partial charge in [0, 0.05) is 17.6 Å². The first-order valence-electron chi connectivity index (χ1n) is 6.46. The second-order valence-corrected chi connectivity index (χ2v) is 7.32. The molecule has 0 aliphatic carbocycles. The number of nitrogens with two attached hydrogens (primary N) is 1. The van der Waals surface area contributed by atoms with Crippen molar-refractivity contribution >= 4 is 26.0 Å². The zero-order chi connectivity index (χ0) is 15.5. The van der Waals surface area contributed by atoms with Crippen molar-refractivity contribution in [3.05, 3.63) is 63.6 Å². The van der Waals surface area contributed by atoms with Gasteiger partial charge in [0.1, 0.15) is 0 Å². The Hall–Kier alpha value is -1.21. The Labute approximate surface area is 133 Å². The smallest absolute Gasteiger partial charge is 0.241 e. The number of aryl methyl sites for hydroxylation is 1. The highest BCUT2D eigenvalue weighted by Crippen LogP contribution is 2.23. The number of rotatable bonds is 5. The van der Waals surface area contributed by atoms with Gasteiger partial charge in [0.15, 0.2) is 0 Å². The van der Waals surface area contributed by atoms with E-state index in [9.17, 15) is 8.42 Å². The highest BCUT2D eigenvalue weighted by molar-refractivity contribution is 9.10. The van der Waals surface area contributed by atoms with Gasteiger partial charge in [-0.1, -0.05) is 30.3 Å². The van der Waals surface area contributed by atoms with E-state index in [-0.39, 0.29) is 11.4 Å². The standard InChI is InChI=1S/C15H17BrN2O2S/c1-11-6-7-15(14(16)8-11)21(19,20)18-10-13-5-3-2-4-12(13)9-17/h2-8,18H,9-10,17H2,1H3. The summed E-state index contributed by atoms with van der Waals surface area (Å²) in [6, 6.07) is 12.7. The summed E-state index contributed by atoms with van der Waals surface area (Å²) >= 11 is 3.30. The van der Waals surface area contributed by atoms with E-state index in [0.717, 1.165) is 16.7 Å². The number of nitrogens with one attached hydrogen (secondary N) is 1. The molecule has 21 heavy (non-hydrogen) atoms. The number of halogens is 1. The molecule has 0 spiro atoms. The summed E-state index contributed by atoms with van der Waals surface area (Å²) in [6.07, 6.45) is 0. The number of hydrogen-bond donors (Lipinski definition) is 2. The highest BCUT2D eigenvalue weighted by Gasteiger charge is 2.17. The Morgan fingerprint density at radius 1 is 1.14 bits per heavy atom. The van der Waals surface area contributed by atoms with Crippen molar-refractivity contribution in [2.75, 3.05) is 0 Å². The van der Waals surface area contributed by atoms with E-state index < -0.39 is 10.0 Å². The van der Waals surface area contributed by atoms with Crippen LogP contribution in [0, 0.1) is 6.92 Å². The molecule has 0 aromatic heterocycles. The molecule has 0 saturated carbocycles. The lowest BCUT2D eigenvalue weighted by Gasteiger charge is -2.11. The van der Waals surface area contributed by atoms with Crippen molar-refractivity contribution in [2.45, 2.75) is 24.9 Å².